The maximum atomic E-state index is 12.7. The topological polar surface area (TPSA) is 70.7 Å². The Balaban J connectivity index is 2.11. The van der Waals surface area contributed by atoms with Crippen LogP contribution in [-0.4, -0.2) is 21.2 Å². The van der Waals surface area contributed by atoms with Crippen LogP contribution >= 0.6 is 0 Å². The highest BCUT2D eigenvalue weighted by Crippen LogP contribution is 2.22. The van der Waals surface area contributed by atoms with Gasteiger partial charge in [-0.3, -0.25) is 9.48 Å². The number of carbonyl (C=O) groups excluding carboxylic acids is 1. The van der Waals surface area contributed by atoms with Gasteiger partial charge in [0.15, 0.2) is 0 Å². The third-order valence-electron chi connectivity index (χ3n) is 4.27. The molecule has 0 aliphatic rings. The zero-order valence-electron chi connectivity index (χ0n) is 15.6. The van der Waals surface area contributed by atoms with Crippen LogP contribution in [0.15, 0.2) is 36.4 Å². The molecule has 1 unspecified atom stereocenters. The minimum absolute atomic E-state index is 0.137. The average Bonchev–Trinajstić information content (AvgIpc) is 2.96. The number of nitrogens with one attached hydrogen (secondary N) is 1. The van der Waals surface area contributed by atoms with Crippen molar-refractivity contribution in [3.05, 3.63) is 53.3 Å². The first-order valence-electron chi connectivity index (χ1n) is 8.47. The standard InChI is InChI=1S/C20H26N4O/c1-19(2,3)17-13-16(24(5)23-17)18(25)22-20(4,14-21)12-11-15-9-7-6-8-10-15/h6-10,13H,11-12H2,1-5H3,(H,22,25). The highest BCUT2D eigenvalue weighted by atomic mass is 16.2. The molecule has 0 radical (unpaired) electrons. The van der Waals surface area contributed by atoms with E-state index in [1.165, 1.54) is 0 Å². The molecule has 0 saturated heterocycles. The van der Waals surface area contributed by atoms with Crippen LogP contribution in [0.1, 0.15) is 55.9 Å². The number of aryl methyl sites for hydroxylation is 2. The van der Waals surface area contributed by atoms with Gasteiger partial charge < -0.3 is 5.32 Å². The minimum Gasteiger partial charge on any atom is -0.333 e. The molecule has 1 aromatic carbocycles. The van der Waals surface area contributed by atoms with Gasteiger partial charge >= 0.3 is 0 Å². The lowest BCUT2D eigenvalue weighted by Gasteiger charge is -2.23. The summed E-state index contributed by atoms with van der Waals surface area (Å²) in [6, 6.07) is 14.0. The molecule has 2 rings (SSSR count). The van der Waals surface area contributed by atoms with Crippen molar-refractivity contribution in [2.24, 2.45) is 7.05 Å². The molecule has 1 N–H and O–H groups in total. The molecule has 1 aromatic heterocycles. The second kappa shape index (κ2) is 7.10. The van der Waals surface area contributed by atoms with Crippen LogP contribution in [0.4, 0.5) is 0 Å². The van der Waals surface area contributed by atoms with Gasteiger partial charge in [0.25, 0.3) is 5.91 Å². The van der Waals surface area contributed by atoms with Gasteiger partial charge in [0.05, 0.1) is 11.8 Å². The summed E-state index contributed by atoms with van der Waals surface area (Å²) < 4.78 is 1.57. The number of aromatic nitrogens is 2. The van der Waals surface area contributed by atoms with E-state index in [1.807, 2.05) is 30.3 Å². The Kier molecular flexibility index (Phi) is 5.32. The summed E-state index contributed by atoms with van der Waals surface area (Å²) in [7, 11) is 1.75. The van der Waals surface area contributed by atoms with Gasteiger partial charge in [-0.15, -0.1) is 0 Å². The molecule has 1 heterocycles. The highest BCUT2D eigenvalue weighted by Gasteiger charge is 2.29. The first-order chi connectivity index (χ1) is 11.6. The van der Waals surface area contributed by atoms with Crippen molar-refractivity contribution in [1.29, 1.82) is 5.26 Å². The van der Waals surface area contributed by atoms with E-state index in [1.54, 1.807) is 24.7 Å². The fraction of sp³-hybridized carbons (Fsp3) is 0.450. The second-order valence-corrected chi connectivity index (χ2v) is 7.67. The molecule has 5 nitrogen and oxygen atoms in total. The van der Waals surface area contributed by atoms with Crippen molar-refractivity contribution in [2.75, 3.05) is 0 Å². The van der Waals surface area contributed by atoms with Crippen molar-refractivity contribution in [3.63, 3.8) is 0 Å². The number of nitriles is 1. The predicted molar refractivity (Wildman–Crippen MR) is 98.2 cm³/mol. The summed E-state index contributed by atoms with van der Waals surface area (Å²) in [5.41, 5.74) is 1.39. The van der Waals surface area contributed by atoms with Crippen LogP contribution in [0.25, 0.3) is 0 Å². The van der Waals surface area contributed by atoms with Crippen LogP contribution in [0.3, 0.4) is 0 Å². The number of hydrogen-bond donors (Lipinski definition) is 1. The number of hydrogen-bond acceptors (Lipinski definition) is 3. The van der Waals surface area contributed by atoms with Gasteiger partial charge in [0, 0.05) is 12.5 Å². The molecule has 25 heavy (non-hydrogen) atoms. The highest BCUT2D eigenvalue weighted by molar-refractivity contribution is 5.93. The maximum absolute atomic E-state index is 12.7. The van der Waals surface area contributed by atoms with Gasteiger partial charge in [-0.2, -0.15) is 10.4 Å². The van der Waals surface area contributed by atoms with E-state index in [2.05, 4.69) is 37.3 Å². The van der Waals surface area contributed by atoms with Crippen LogP contribution in [0.2, 0.25) is 0 Å². The summed E-state index contributed by atoms with van der Waals surface area (Å²) >= 11 is 0. The van der Waals surface area contributed by atoms with E-state index < -0.39 is 5.54 Å². The molecule has 0 aliphatic carbocycles. The number of benzene rings is 1. The lowest BCUT2D eigenvalue weighted by Crippen LogP contribution is -2.45. The second-order valence-electron chi connectivity index (χ2n) is 7.67. The normalized spacial score (nSPS) is 13.8. The van der Waals surface area contributed by atoms with Gasteiger partial charge in [-0.1, -0.05) is 51.1 Å². The van der Waals surface area contributed by atoms with E-state index in [-0.39, 0.29) is 11.3 Å². The van der Waals surface area contributed by atoms with Crippen LogP contribution in [0, 0.1) is 11.3 Å². The fourth-order valence-electron chi connectivity index (χ4n) is 2.55. The Morgan fingerprint density at radius 1 is 1.24 bits per heavy atom. The summed E-state index contributed by atoms with van der Waals surface area (Å²) in [5.74, 6) is -0.275. The van der Waals surface area contributed by atoms with Crippen molar-refractivity contribution in [3.8, 4) is 6.07 Å². The quantitative estimate of drug-likeness (QED) is 0.908. The van der Waals surface area contributed by atoms with Crippen molar-refractivity contribution < 1.29 is 4.79 Å². The van der Waals surface area contributed by atoms with E-state index in [4.69, 9.17) is 0 Å². The number of nitrogens with zero attached hydrogens (tertiary/aromatic N) is 3. The minimum atomic E-state index is -0.931. The third-order valence-corrected chi connectivity index (χ3v) is 4.27. The van der Waals surface area contributed by atoms with E-state index in [0.29, 0.717) is 12.1 Å². The molecule has 2 aromatic rings. The third kappa shape index (κ3) is 4.69. The Hall–Kier alpha value is -2.61. The molecular formula is C20H26N4O. The van der Waals surface area contributed by atoms with Crippen LogP contribution in [-0.2, 0) is 18.9 Å². The molecule has 0 saturated carbocycles. The van der Waals surface area contributed by atoms with Crippen LogP contribution < -0.4 is 5.32 Å². The molecule has 0 spiro atoms. The lowest BCUT2D eigenvalue weighted by atomic mass is 9.92. The Morgan fingerprint density at radius 3 is 2.40 bits per heavy atom. The average molecular weight is 338 g/mol. The first kappa shape index (κ1) is 18.7. The molecule has 0 bridgehead atoms. The smallest absolute Gasteiger partial charge is 0.270 e. The van der Waals surface area contributed by atoms with E-state index >= 15 is 0 Å². The Bertz CT molecular complexity index is 780. The lowest BCUT2D eigenvalue weighted by molar-refractivity contribution is 0.0912. The van der Waals surface area contributed by atoms with Crippen molar-refractivity contribution in [1.82, 2.24) is 15.1 Å². The Morgan fingerprint density at radius 2 is 1.88 bits per heavy atom. The van der Waals surface area contributed by atoms with Gasteiger partial charge in [0.1, 0.15) is 11.2 Å². The fourth-order valence-corrected chi connectivity index (χ4v) is 2.55. The zero-order valence-corrected chi connectivity index (χ0v) is 15.6. The molecule has 132 valence electrons. The molecule has 0 aliphatic heterocycles. The van der Waals surface area contributed by atoms with Crippen LogP contribution in [0.5, 0.6) is 0 Å². The van der Waals surface area contributed by atoms with Crippen molar-refractivity contribution >= 4 is 5.91 Å². The maximum Gasteiger partial charge on any atom is 0.270 e. The molecule has 0 fully saturated rings. The number of amides is 1. The molecule has 1 atom stereocenters. The van der Waals surface area contributed by atoms with Crippen molar-refractivity contribution in [2.45, 2.75) is 51.5 Å². The summed E-state index contributed by atoms with van der Waals surface area (Å²) in [6.07, 6.45) is 1.27. The summed E-state index contributed by atoms with van der Waals surface area (Å²) in [6.45, 7) is 7.91. The predicted octanol–water partition coefficient (Wildman–Crippen LogP) is 3.36. The molecule has 1 amide bonds. The van der Waals surface area contributed by atoms with Gasteiger partial charge in [0.2, 0.25) is 0 Å². The monoisotopic (exact) mass is 338 g/mol. The Labute approximate surface area is 149 Å². The SMILES string of the molecule is Cn1nc(C(C)(C)C)cc1C(=O)NC(C)(C#N)CCc1ccccc1. The van der Waals surface area contributed by atoms with Gasteiger partial charge in [-0.25, -0.2) is 0 Å². The zero-order chi connectivity index (χ0) is 18.7. The largest absolute Gasteiger partial charge is 0.333 e. The summed E-state index contributed by atoms with van der Waals surface area (Å²) in [4.78, 5) is 12.7. The molecular weight excluding hydrogens is 312 g/mol. The van der Waals surface area contributed by atoms with Gasteiger partial charge in [-0.05, 0) is 31.4 Å². The first-order valence-corrected chi connectivity index (χ1v) is 8.47. The van der Waals surface area contributed by atoms with E-state index in [9.17, 15) is 10.1 Å². The number of rotatable bonds is 5. The number of carbonyl (C=O) groups is 1. The van der Waals surface area contributed by atoms with E-state index in [0.717, 1.165) is 17.7 Å². The summed E-state index contributed by atoms with van der Waals surface area (Å²) in [5, 5.41) is 16.9. The molecule has 5 heteroatoms.